The van der Waals surface area contributed by atoms with Crippen LogP contribution in [0.15, 0.2) is 40.9 Å². The van der Waals surface area contributed by atoms with Crippen molar-refractivity contribution in [1.82, 2.24) is 0 Å². The summed E-state index contributed by atoms with van der Waals surface area (Å²) in [6, 6.07) is 8.78. The fourth-order valence-electron chi connectivity index (χ4n) is 1.95. The second kappa shape index (κ2) is 5.80. The molecule has 0 saturated carbocycles. The highest BCUT2D eigenvalue weighted by Crippen LogP contribution is 2.24. The molecule has 4 heteroatoms. The minimum atomic E-state index is -0.784. The van der Waals surface area contributed by atoms with E-state index in [1.54, 1.807) is 6.07 Å². The Kier molecular flexibility index (Phi) is 4.32. The normalized spacial score (nSPS) is 12.5. The molecule has 0 spiro atoms. The Hall–Kier alpha value is -1.26. The van der Waals surface area contributed by atoms with Gasteiger partial charge in [-0.2, -0.15) is 0 Å². The van der Waals surface area contributed by atoms with E-state index in [2.05, 4.69) is 15.9 Å². The van der Waals surface area contributed by atoms with E-state index < -0.39 is 17.7 Å². The highest BCUT2D eigenvalue weighted by atomic mass is 79.9. The lowest BCUT2D eigenvalue weighted by Crippen LogP contribution is -2.03. The summed E-state index contributed by atoms with van der Waals surface area (Å²) in [5, 5.41) is 10.1. The fourth-order valence-corrected chi connectivity index (χ4v) is 2.19. The number of hydrogen-bond acceptors (Lipinski definition) is 1. The summed E-state index contributed by atoms with van der Waals surface area (Å²) in [7, 11) is 0. The maximum absolute atomic E-state index is 13.1. The van der Waals surface area contributed by atoms with Gasteiger partial charge in [0.15, 0.2) is 0 Å². The van der Waals surface area contributed by atoms with Gasteiger partial charge in [0, 0.05) is 17.0 Å². The van der Waals surface area contributed by atoms with Gasteiger partial charge in [0.25, 0.3) is 0 Å². The van der Waals surface area contributed by atoms with Crippen LogP contribution in [-0.2, 0) is 6.42 Å². The van der Waals surface area contributed by atoms with Crippen LogP contribution in [0.4, 0.5) is 8.78 Å². The molecule has 0 aromatic heterocycles. The van der Waals surface area contributed by atoms with Crippen molar-refractivity contribution >= 4 is 15.9 Å². The van der Waals surface area contributed by atoms with Crippen molar-refractivity contribution in [3.63, 3.8) is 0 Å². The van der Waals surface area contributed by atoms with Crippen LogP contribution in [0.25, 0.3) is 0 Å². The molecule has 0 heterocycles. The van der Waals surface area contributed by atoms with Crippen molar-refractivity contribution in [3.8, 4) is 0 Å². The van der Waals surface area contributed by atoms with Gasteiger partial charge in [-0.1, -0.05) is 28.1 Å². The van der Waals surface area contributed by atoms with Crippen LogP contribution in [0.1, 0.15) is 22.8 Å². The van der Waals surface area contributed by atoms with Gasteiger partial charge in [-0.3, -0.25) is 0 Å². The monoisotopic (exact) mass is 326 g/mol. The molecule has 1 atom stereocenters. The second-order valence-electron chi connectivity index (χ2n) is 4.51. The van der Waals surface area contributed by atoms with Gasteiger partial charge in [-0.25, -0.2) is 8.78 Å². The number of rotatable bonds is 3. The van der Waals surface area contributed by atoms with Crippen LogP contribution in [0.5, 0.6) is 0 Å². The third-order valence-corrected chi connectivity index (χ3v) is 3.81. The predicted octanol–water partition coefficient (Wildman–Crippen LogP) is 4.31. The number of benzene rings is 2. The molecular weight excluding hydrogens is 314 g/mol. The van der Waals surface area contributed by atoms with Crippen LogP contribution in [0.2, 0.25) is 0 Å². The average Bonchev–Trinajstić information content (AvgIpc) is 2.31. The predicted molar refractivity (Wildman–Crippen MR) is 73.9 cm³/mol. The van der Waals surface area contributed by atoms with Crippen molar-refractivity contribution in [2.24, 2.45) is 0 Å². The smallest absolute Gasteiger partial charge is 0.126 e. The summed E-state index contributed by atoms with van der Waals surface area (Å²) in [4.78, 5) is 0. The van der Waals surface area contributed by atoms with Crippen molar-refractivity contribution in [1.29, 1.82) is 0 Å². The highest BCUT2D eigenvalue weighted by Gasteiger charge is 2.11. The van der Waals surface area contributed by atoms with Crippen molar-refractivity contribution < 1.29 is 13.9 Å². The lowest BCUT2D eigenvalue weighted by molar-refractivity contribution is 0.178. The Bertz CT molecular complexity index is 578. The summed E-state index contributed by atoms with van der Waals surface area (Å²) < 4.78 is 27.1. The average molecular weight is 327 g/mol. The maximum atomic E-state index is 13.1. The Morgan fingerprint density at radius 2 is 1.74 bits per heavy atom. The molecule has 2 aromatic rings. The number of aliphatic hydroxyl groups is 1. The second-order valence-corrected chi connectivity index (χ2v) is 5.36. The van der Waals surface area contributed by atoms with E-state index in [9.17, 15) is 13.9 Å². The molecule has 100 valence electrons. The molecule has 0 bridgehead atoms. The Balaban J connectivity index is 2.20. The summed E-state index contributed by atoms with van der Waals surface area (Å²) in [6.45, 7) is 1.92. The minimum absolute atomic E-state index is 0.176. The van der Waals surface area contributed by atoms with E-state index in [1.807, 2.05) is 19.1 Å². The maximum Gasteiger partial charge on any atom is 0.126 e. The lowest BCUT2D eigenvalue weighted by Gasteiger charge is -2.12. The topological polar surface area (TPSA) is 20.2 Å². The highest BCUT2D eigenvalue weighted by molar-refractivity contribution is 9.10. The molecule has 1 nitrogen and oxygen atoms in total. The van der Waals surface area contributed by atoms with Gasteiger partial charge >= 0.3 is 0 Å². The molecule has 19 heavy (non-hydrogen) atoms. The number of aliphatic hydroxyl groups excluding tert-OH is 1. The Morgan fingerprint density at radius 3 is 2.32 bits per heavy atom. The van der Waals surface area contributed by atoms with Gasteiger partial charge in [0.2, 0.25) is 0 Å². The van der Waals surface area contributed by atoms with Crippen LogP contribution in [-0.4, -0.2) is 5.11 Å². The summed E-state index contributed by atoms with van der Waals surface area (Å²) >= 11 is 3.38. The molecule has 0 fully saturated rings. The molecule has 2 rings (SSSR count). The first-order valence-corrected chi connectivity index (χ1v) is 6.64. The van der Waals surface area contributed by atoms with E-state index in [0.29, 0.717) is 5.56 Å². The van der Waals surface area contributed by atoms with E-state index in [-0.39, 0.29) is 6.42 Å². The van der Waals surface area contributed by atoms with E-state index in [0.717, 1.165) is 21.7 Å². The summed E-state index contributed by atoms with van der Waals surface area (Å²) in [6.07, 6.45) is -0.608. The van der Waals surface area contributed by atoms with Gasteiger partial charge in [0.05, 0.1) is 6.10 Å². The van der Waals surface area contributed by atoms with Crippen LogP contribution in [0, 0.1) is 18.6 Å². The zero-order valence-electron chi connectivity index (χ0n) is 10.3. The zero-order valence-corrected chi connectivity index (χ0v) is 11.9. The first kappa shape index (κ1) is 14.2. The van der Waals surface area contributed by atoms with Crippen LogP contribution >= 0.6 is 15.9 Å². The first-order valence-electron chi connectivity index (χ1n) is 5.85. The molecule has 1 unspecified atom stereocenters. The van der Waals surface area contributed by atoms with Gasteiger partial charge in [0.1, 0.15) is 11.6 Å². The fraction of sp³-hybridized carbons (Fsp3) is 0.200. The summed E-state index contributed by atoms with van der Waals surface area (Å²) in [5.41, 5.74) is 2.16. The molecule has 0 aliphatic rings. The van der Waals surface area contributed by atoms with Gasteiger partial charge in [-0.15, -0.1) is 0 Å². The van der Waals surface area contributed by atoms with Gasteiger partial charge < -0.3 is 5.11 Å². The molecule has 0 radical (unpaired) electrons. The minimum Gasteiger partial charge on any atom is -0.388 e. The van der Waals surface area contributed by atoms with Crippen LogP contribution in [0.3, 0.4) is 0 Å². The molecule has 0 saturated heterocycles. The zero-order chi connectivity index (χ0) is 14.0. The lowest BCUT2D eigenvalue weighted by atomic mass is 10.00. The first-order chi connectivity index (χ1) is 8.95. The third-order valence-electron chi connectivity index (χ3n) is 2.92. The molecule has 0 aliphatic carbocycles. The SMILES string of the molecule is Cc1cc(C(O)Cc2cc(F)cc(F)c2)ccc1Br. The van der Waals surface area contributed by atoms with Crippen molar-refractivity contribution in [2.75, 3.05) is 0 Å². The van der Waals surface area contributed by atoms with E-state index >= 15 is 0 Å². The Morgan fingerprint density at radius 1 is 1.11 bits per heavy atom. The largest absolute Gasteiger partial charge is 0.388 e. The third kappa shape index (κ3) is 3.61. The van der Waals surface area contributed by atoms with E-state index in [4.69, 9.17) is 0 Å². The molecule has 2 aromatic carbocycles. The number of hydrogen-bond donors (Lipinski definition) is 1. The van der Waals surface area contributed by atoms with Crippen LogP contribution < -0.4 is 0 Å². The van der Waals surface area contributed by atoms with Crippen molar-refractivity contribution in [2.45, 2.75) is 19.4 Å². The standard InChI is InChI=1S/C15H13BrF2O/c1-9-4-11(2-3-14(9)16)15(19)7-10-5-12(17)8-13(18)6-10/h2-6,8,15,19H,7H2,1H3. The molecule has 0 aliphatic heterocycles. The van der Waals surface area contributed by atoms with E-state index in [1.165, 1.54) is 12.1 Å². The van der Waals surface area contributed by atoms with Gasteiger partial charge in [-0.05, 0) is 41.8 Å². The molecule has 0 amide bonds. The molecular formula is C15H13BrF2O. The number of aryl methyl sites for hydroxylation is 1. The summed E-state index contributed by atoms with van der Waals surface area (Å²) in [5.74, 6) is -1.26. The Labute approximate surface area is 119 Å². The molecule has 1 N–H and O–H groups in total. The number of halogens is 3. The van der Waals surface area contributed by atoms with Crippen molar-refractivity contribution in [3.05, 3.63) is 69.2 Å². The quantitative estimate of drug-likeness (QED) is 0.891.